The molecule has 8 saturated heterocycles. The minimum absolute atomic E-state index is 0.0388. The Balaban J connectivity index is 0.985. The Hall–Kier alpha value is -1.17. The van der Waals surface area contributed by atoms with Gasteiger partial charge in [0.25, 0.3) is 0 Å². The summed E-state index contributed by atoms with van der Waals surface area (Å²) in [6.45, 7) is 19.5. The molecule has 0 saturated carbocycles. The molecule has 0 aromatic rings. The molecule has 1 spiro atoms. The zero-order valence-electron chi connectivity index (χ0n) is 42.2. The van der Waals surface area contributed by atoms with Crippen LogP contribution in [0.1, 0.15) is 146 Å². The van der Waals surface area contributed by atoms with Crippen LogP contribution in [0.15, 0.2) is 0 Å². The fraction of sp³-hybridized carbons (Fsp3) is 0.980. The van der Waals surface area contributed by atoms with Crippen LogP contribution in [-0.4, -0.2) is 166 Å². The molecule has 8 unspecified atom stereocenters. The molecule has 18 heteroatoms. The average molecular weight is 973 g/mol. The van der Waals surface area contributed by atoms with Gasteiger partial charge in [-0.1, -0.05) is 34.6 Å². The van der Waals surface area contributed by atoms with Gasteiger partial charge in [-0.25, -0.2) is 4.79 Å². The summed E-state index contributed by atoms with van der Waals surface area (Å²) in [6.07, 6.45) is -3.27. The van der Waals surface area contributed by atoms with Gasteiger partial charge in [-0.05, 0) is 79.1 Å². The van der Waals surface area contributed by atoms with Gasteiger partial charge in [0, 0.05) is 62.9 Å². The number of methoxy groups -OCH3 is 1. The fourth-order valence-electron chi connectivity index (χ4n) is 13.1. The van der Waals surface area contributed by atoms with Crippen LogP contribution in [0, 0.1) is 29.6 Å². The van der Waals surface area contributed by atoms with Gasteiger partial charge in [0.2, 0.25) is 0 Å². The minimum atomic E-state index is -1.29. The molecule has 0 bridgehead atoms. The predicted octanol–water partition coefficient (Wildman–Crippen LogP) is 4.91. The highest BCUT2D eigenvalue weighted by Crippen LogP contribution is 2.54. The molecule has 0 amide bonds. The molecule has 0 aromatic carbocycles. The first-order chi connectivity index (χ1) is 32.0. The first kappa shape index (κ1) is 53.1. The highest BCUT2D eigenvalue weighted by Gasteiger charge is 2.63. The Kier molecular flexibility index (Phi) is 16.1. The summed E-state index contributed by atoms with van der Waals surface area (Å²) in [5, 5.41) is 53.1. The number of carbonyl (C=O) groups excluding carboxylic acids is 1. The summed E-state index contributed by atoms with van der Waals surface area (Å²) in [4.78, 5) is 16.6. The first-order valence-electron chi connectivity index (χ1n) is 25.8. The van der Waals surface area contributed by atoms with Gasteiger partial charge in [-0.3, -0.25) is 0 Å². The number of ether oxygens (including phenoxy) is 11. The second-order valence-corrected chi connectivity index (χ2v) is 22.9. The second-order valence-electron chi connectivity index (χ2n) is 22.9. The molecule has 8 aliphatic rings. The van der Waals surface area contributed by atoms with E-state index in [9.17, 15) is 30.5 Å². The molecule has 8 aliphatic heterocycles. The normalized spacial score (nSPS) is 54.0. The molecule has 0 aliphatic carbocycles. The summed E-state index contributed by atoms with van der Waals surface area (Å²) in [5.74, 6) is -4.34. The second kappa shape index (κ2) is 20.6. The average Bonchev–Trinajstić information content (AvgIpc) is 4.00. The van der Waals surface area contributed by atoms with Crippen LogP contribution in [0.2, 0.25) is 0 Å². The van der Waals surface area contributed by atoms with E-state index in [1.54, 1.807) is 21.0 Å². The molecule has 26 atom stereocenters. The highest BCUT2D eigenvalue weighted by molar-refractivity contribution is 5.69. The zero-order valence-corrected chi connectivity index (χ0v) is 42.2. The lowest BCUT2D eigenvalue weighted by Crippen LogP contribution is -2.62. The fourth-order valence-corrected chi connectivity index (χ4v) is 13.1. The Bertz CT molecular complexity index is 1710. The monoisotopic (exact) mass is 973 g/mol. The molecule has 8 rings (SSSR count). The van der Waals surface area contributed by atoms with Crippen LogP contribution in [0.3, 0.4) is 0 Å². The third kappa shape index (κ3) is 10.6. The van der Waals surface area contributed by atoms with Crippen LogP contribution in [0.5, 0.6) is 0 Å². The van der Waals surface area contributed by atoms with E-state index in [4.69, 9.17) is 52.1 Å². The Morgan fingerprint density at radius 3 is 2.01 bits per heavy atom. The van der Waals surface area contributed by atoms with Crippen molar-refractivity contribution >= 4 is 5.97 Å². The number of carbonyl (C=O) groups is 1. The largest absolute Gasteiger partial charge is 0.393 e. The topological polar surface area (TPSA) is 229 Å². The quantitative estimate of drug-likeness (QED) is 0.129. The highest BCUT2D eigenvalue weighted by atomic mass is 17.1. The van der Waals surface area contributed by atoms with Crippen LogP contribution in [-0.2, 0) is 61.8 Å². The lowest BCUT2D eigenvalue weighted by atomic mass is 9.76. The molecule has 0 aromatic heterocycles. The summed E-state index contributed by atoms with van der Waals surface area (Å²) in [6, 6.07) is 0. The van der Waals surface area contributed by atoms with Crippen LogP contribution < -0.4 is 0 Å². The van der Waals surface area contributed by atoms with Gasteiger partial charge in [0.05, 0.1) is 97.0 Å². The van der Waals surface area contributed by atoms with Gasteiger partial charge < -0.3 is 77.4 Å². The Morgan fingerprint density at radius 2 is 1.38 bits per heavy atom. The number of hydrogen-bond donors (Lipinski definition) is 5. The maximum absolute atomic E-state index is 12.5. The Labute approximate surface area is 402 Å². The molecule has 0 radical (unpaired) electrons. The SMILES string of the molecule is COC1C(O[C@H]2CC[C@H](O)[C@@H](C)O2)C(C)C(CC(=O)OO)OC1C(C)[C@H]1O[C@@]2(CC[C@@](C)(C3CC[C@@](C)([C@@H]4O[C@@H](C5O[C@](C)(O)[C@H](C)C[C@@H]5C)C[C@@H]4O[C@H]4CC[C@H](O)[C@@H](C)O4)O3)O2)C[C@H](O)[C@H]1C. The molecular formula is C50H84O18. The van der Waals surface area contributed by atoms with Gasteiger partial charge in [-0.15, -0.1) is 0 Å². The maximum Gasteiger partial charge on any atom is 0.344 e. The lowest BCUT2D eigenvalue weighted by Gasteiger charge is -2.52. The van der Waals surface area contributed by atoms with Gasteiger partial charge in [-0.2, -0.15) is 5.26 Å². The summed E-state index contributed by atoms with van der Waals surface area (Å²) >= 11 is 0. The van der Waals surface area contributed by atoms with E-state index < -0.39 is 120 Å². The van der Waals surface area contributed by atoms with Crippen LogP contribution >= 0.6 is 0 Å². The minimum Gasteiger partial charge on any atom is -0.393 e. The van der Waals surface area contributed by atoms with Crippen LogP contribution in [0.25, 0.3) is 0 Å². The van der Waals surface area contributed by atoms with E-state index in [0.717, 1.165) is 6.42 Å². The zero-order chi connectivity index (χ0) is 49.2. The standard InChI is InChI=1S/C50H84O18/c1-24-20-25(2)49(10,55)65-41(24)35-21-36(60-39-14-12-31(51)29(6)58-39)46(62-35)48(9)17-16-37(64-48)47(8)18-19-50(68-47)23-33(53)26(3)42(66-50)28(5)44-45(57-11)43(27(4)34(61-44)22-38(54)67-56)63-40-15-13-32(52)30(7)59-40/h24-37,39-46,51-53,55-56H,12-23H2,1-11H3/t24-,25+,26+,27?,28?,29+,30+,31-,32-,33-,34?,35+,36-,37?,39-,40-,41?,42-,43?,44?,45?,46+,47-,48-,49-,50+/m0/s1. The predicted molar refractivity (Wildman–Crippen MR) is 240 cm³/mol. The van der Waals surface area contributed by atoms with Crippen LogP contribution in [0.4, 0.5) is 0 Å². The molecular weight excluding hydrogens is 889 g/mol. The maximum atomic E-state index is 12.5. The van der Waals surface area contributed by atoms with Crippen molar-refractivity contribution in [2.45, 2.75) is 273 Å². The van der Waals surface area contributed by atoms with Gasteiger partial charge in [0.15, 0.2) is 24.2 Å². The van der Waals surface area contributed by atoms with E-state index in [1.807, 2.05) is 34.6 Å². The smallest absolute Gasteiger partial charge is 0.344 e. The molecule has 18 nitrogen and oxygen atoms in total. The van der Waals surface area contributed by atoms with Crippen molar-refractivity contribution in [3.63, 3.8) is 0 Å². The molecule has 8 heterocycles. The third-order valence-electron chi connectivity index (χ3n) is 17.8. The van der Waals surface area contributed by atoms with Crippen molar-refractivity contribution in [3.8, 4) is 0 Å². The van der Waals surface area contributed by atoms with E-state index in [1.165, 1.54) is 0 Å². The third-order valence-corrected chi connectivity index (χ3v) is 17.8. The molecule has 8 fully saturated rings. The number of rotatable bonds is 12. The Morgan fingerprint density at radius 1 is 0.721 bits per heavy atom. The first-order valence-corrected chi connectivity index (χ1v) is 25.8. The molecule has 68 heavy (non-hydrogen) atoms. The molecule has 5 N–H and O–H groups in total. The van der Waals surface area contributed by atoms with E-state index in [-0.39, 0.29) is 55.0 Å². The van der Waals surface area contributed by atoms with Crippen molar-refractivity contribution in [1.29, 1.82) is 0 Å². The van der Waals surface area contributed by atoms with E-state index >= 15 is 0 Å². The number of aliphatic hydroxyl groups is 4. The van der Waals surface area contributed by atoms with Crippen molar-refractivity contribution < 1.29 is 87.5 Å². The van der Waals surface area contributed by atoms with E-state index in [0.29, 0.717) is 57.8 Å². The van der Waals surface area contributed by atoms with E-state index in [2.05, 4.69) is 25.7 Å². The summed E-state index contributed by atoms with van der Waals surface area (Å²) < 4.78 is 73.4. The lowest BCUT2D eigenvalue weighted by molar-refractivity contribution is -0.344. The summed E-state index contributed by atoms with van der Waals surface area (Å²) in [7, 11) is 1.59. The van der Waals surface area contributed by atoms with Crippen molar-refractivity contribution in [2.24, 2.45) is 29.6 Å². The number of aliphatic hydroxyl groups excluding tert-OH is 3. The van der Waals surface area contributed by atoms with Crippen molar-refractivity contribution in [2.75, 3.05) is 7.11 Å². The van der Waals surface area contributed by atoms with Gasteiger partial charge >= 0.3 is 5.97 Å². The number of hydrogen-bond acceptors (Lipinski definition) is 18. The van der Waals surface area contributed by atoms with Crippen molar-refractivity contribution in [1.82, 2.24) is 0 Å². The van der Waals surface area contributed by atoms with Crippen molar-refractivity contribution in [3.05, 3.63) is 0 Å². The van der Waals surface area contributed by atoms with Gasteiger partial charge in [0.1, 0.15) is 12.2 Å². The summed E-state index contributed by atoms with van der Waals surface area (Å²) in [5.41, 5.74) is -1.58. The molecule has 392 valence electrons.